The zero-order chi connectivity index (χ0) is 24.1. The Morgan fingerprint density at radius 2 is 1.85 bits per heavy atom. The molecule has 34 heavy (non-hydrogen) atoms. The van der Waals surface area contributed by atoms with E-state index in [1.54, 1.807) is 49.6 Å². The van der Waals surface area contributed by atoms with E-state index in [0.717, 1.165) is 43.9 Å². The van der Waals surface area contributed by atoms with Gasteiger partial charge in [0.05, 0.1) is 12.0 Å². The van der Waals surface area contributed by atoms with Crippen LogP contribution in [0.1, 0.15) is 38.5 Å². The first-order valence-electron chi connectivity index (χ1n) is 11.2. The van der Waals surface area contributed by atoms with Gasteiger partial charge in [0.2, 0.25) is 11.8 Å². The van der Waals surface area contributed by atoms with Crippen LogP contribution in [0.5, 0.6) is 5.75 Å². The van der Waals surface area contributed by atoms with Gasteiger partial charge in [0.25, 0.3) is 10.0 Å². The predicted octanol–water partition coefficient (Wildman–Crippen LogP) is 4.05. The van der Waals surface area contributed by atoms with Crippen LogP contribution < -0.4 is 10.1 Å². The number of amidine groups is 1. The second-order valence-corrected chi connectivity index (χ2v) is 11.0. The second-order valence-electron chi connectivity index (χ2n) is 8.25. The molecule has 2 aromatic rings. The molecule has 1 aliphatic heterocycles. The van der Waals surface area contributed by atoms with E-state index in [-0.39, 0.29) is 34.3 Å². The van der Waals surface area contributed by atoms with E-state index in [1.165, 1.54) is 17.0 Å². The zero-order valence-corrected chi connectivity index (χ0v) is 20.5. The number of amides is 2. The maximum atomic E-state index is 13.4. The number of thioether (sulfide) groups is 1. The minimum Gasteiger partial charge on any atom is -0.497 e. The molecule has 1 atom stereocenters. The van der Waals surface area contributed by atoms with Gasteiger partial charge in [0.15, 0.2) is 5.17 Å². The fourth-order valence-electron chi connectivity index (χ4n) is 4.18. The predicted molar refractivity (Wildman–Crippen MR) is 132 cm³/mol. The Morgan fingerprint density at radius 3 is 2.56 bits per heavy atom. The fourth-order valence-corrected chi connectivity index (χ4v) is 6.61. The Kier molecular flexibility index (Phi) is 7.57. The summed E-state index contributed by atoms with van der Waals surface area (Å²) in [5, 5.41) is 2.20. The van der Waals surface area contributed by atoms with Gasteiger partial charge in [-0.2, -0.15) is 8.42 Å². The van der Waals surface area contributed by atoms with Crippen molar-refractivity contribution in [2.45, 2.75) is 54.7 Å². The van der Waals surface area contributed by atoms with Gasteiger partial charge in [-0.25, -0.2) is 0 Å². The number of nitrogens with one attached hydrogen (secondary N) is 1. The van der Waals surface area contributed by atoms with Gasteiger partial charge in [-0.05, 0) is 37.1 Å². The van der Waals surface area contributed by atoms with E-state index in [4.69, 9.17) is 4.74 Å². The molecule has 0 spiro atoms. The number of methoxy groups -OCH3 is 1. The lowest BCUT2D eigenvalue weighted by atomic mass is 9.94. The number of hydrogen-bond donors (Lipinski definition) is 1. The topological polar surface area (TPSA) is 105 Å². The quantitative estimate of drug-likeness (QED) is 0.614. The van der Waals surface area contributed by atoms with E-state index in [1.807, 2.05) is 0 Å². The first-order valence-corrected chi connectivity index (χ1v) is 13.5. The minimum atomic E-state index is -3.99. The Labute approximate surface area is 203 Å². The molecule has 1 saturated heterocycles. The number of hydrogen-bond acceptors (Lipinski definition) is 6. The SMILES string of the molecule is COc1cccc(NC(=O)C[C@H]2SC(=NS(=O)(=O)c3ccccc3)N(C3CCCCC3)C2=O)c1. The first kappa shape index (κ1) is 24.3. The van der Waals surface area contributed by atoms with Gasteiger partial charge in [-0.3, -0.25) is 14.5 Å². The third-order valence-corrected chi connectivity index (χ3v) is 8.42. The van der Waals surface area contributed by atoms with Crippen LogP contribution in [-0.2, 0) is 19.6 Å². The number of carbonyl (C=O) groups is 2. The molecule has 10 heteroatoms. The van der Waals surface area contributed by atoms with Gasteiger partial charge in [0, 0.05) is 24.2 Å². The molecular formula is C24H27N3O5S2. The number of anilines is 1. The molecule has 4 rings (SSSR count). The van der Waals surface area contributed by atoms with E-state index in [9.17, 15) is 18.0 Å². The molecule has 2 amide bonds. The van der Waals surface area contributed by atoms with Crippen molar-refractivity contribution in [3.05, 3.63) is 54.6 Å². The van der Waals surface area contributed by atoms with Gasteiger partial charge in [0.1, 0.15) is 11.0 Å². The summed E-state index contributed by atoms with van der Waals surface area (Å²) < 4.78 is 35.1. The average Bonchev–Trinajstić information content (AvgIpc) is 3.13. The second kappa shape index (κ2) is 10.6. The lowest BCUT2D eigenvalue weighted by molar-refractivity contribution is -0.130. The highest BCUT2D eigenvalue weighted by atomic mass is 32.2. The molecular weight excluding hydrogens is 474 g/mol. The van der Waals surface area contributed by atoms with Crippen molar-refractivity contribution >= 4 is 44.5 Å². The fraction of sp³-hybridized carbons (Fsp3) is 0.375. The minimum absolute atomic E-state index is 0.0679. The normalized spacial score (nSPS) is 20.5. The molecule has 2 fully saturated rings. The lowest BCUT2D eigenvalue weighted by Crippen LogP contribution is -2.42. The van der Waals surface area contributed by atoms with Crippen LogP contribution in [0, 0.1) is 0 Å². The maximum absolute atomic E-state index is 13.4. The van der Waals surface area contributed by atoms with Crippen LogP contribution in [-0.4, -0.2) is 48.7 Å². The van der Waals surface area contributed by atoms with Crippen molar-refractivity contribution in [3.63, 3.8) is 0 Å². The van der Waals surface area contributed by atoms with Crippen molar-refractivity contribution in [2.75, 3.05) is 12.4 Å². The van der Waals surface area contributed by atoms with Crippen molar-refractivity contribution in [1.29, 1.82) is 0 Å². The Balaban J connectivity index is 1.56. The number of sulfonamides is 1. The standard InChI is InChI=1S/C24H27N3O5S2/c1-32-19-12-8-9-17(15-19)25-22(28)16-21-23(29)27(18-10-4-2-5-11-18)24(33-21)26-34(30,31)20-13-6-3-7-14-20/h3,6-9,12-15,18,21H,2,4-5,10-11,16H2,1H3,(H,25,28)/t21-/m1/s1. The summed E-state index contributed by atoms with van der Waals surface area (Å²) in [6.07, 6.45) is 4.53. The van der Waals surface area contributed by atoms with Crippen LogP contribution in [0.3, 0.4) is 0 Å². The molecule has 2 aliphatic rings. The van der Waals surface area contributed by atoms with E-state index in [0.29, 0.717) is 11.4 Å². The van der Waals surface area contributed by atoms with Crippen molar-refractivity contribution in [3.8, 4) is 5.75 Å². The van der Waals surface area contributed by atoms with E-state index < -0.39 is 15.3 Å². The van der Waals surface area contributed by atoms with Gasteiger partial charge in [-0.15, -0.1) is 4.40 Å². The summed E-state index contributed by atoms with van der Waals surface area (Å²) in [5.74, 6) is 0.00250. The maximum Gasteiger partial charge on any atom is 0.284 e. The number of ether oxygens (including phenoxy) is 1. The third-order valence-electron chi connectivity index (χ3n) is 5.87. The molecule has 1 aliphatic carbocycles. The molecule has 0 radical (unpaired) electrons. The molecule has 1 N–H and O–H groups in total. The smallest absolute Gasteiger partial charge is 0.284 e. The Bertz CT molecular complexity index is 1180. The van der Waals surface area contributed by atoms with Crippen LogP contribution in [0.25, 0.3) is 0 Å². The van der Waals surface area contributed by atoms with Crippen LogP contribution >= 0.6 is 11.8 Å². The van der Waals surface area contributed by atoms with Gasteiger partial charge >= 0.3 is 0 Å². The highest BCUT2D eigenvalue weighted by Crippen LogP contribution is 2.36. The molecule has 0 aromatic heterocycles. The van der Waals surface area contributed by atoms with Crippen molar-refractivity contribution < 1.29 is 22.7 Å². The van der Waals surface area contributed by atoms with Gasteiger partial charge < -0.3 is 10.1 Å². The van der Waals surface area contributed by atoms with Gasteiger partial charge in [-0.1, -0.05) is 55.3 Å². The summed E-state index contributed by atoms with van der Waals surface area (Å²) in [4.78, 5) is 27.7. The zero-order valence-electron chi connectivity index (χ0n) is 18.8. The van der Waals surface area contributed by atoms with Crippen LogP contribution in [0.15, 0.2) is 63.9 Å². The molecule has 1 heterocycles. The number of nitrogens with zero attached hydrogens (tertiary/aromatic N) is 2. The van der Waals surface area contributed by atoms with Crippen molar-refractivity contribution in [1.82, 2.24) is 4.90 Å². The number of benzene rings is 2. The van der Waals surface area contributed by atoms with E-state index >= 15 is 0 Å². The molecule has 0 bridgehead atoms. The third kappa shape index (κ3) is 5.61. The molecule has 8 nitrogen and oxygen atoms in total. The Hall–Kier alpha value is -2.85. The highest BCUT2D eigenvalue weighted by molar-refractivity contribution is 8.16. The summed E-state index contributed by atoms with van der Waals surface area (Å²) in [6.45, 7) is 0. The van der Waals surface area contributed by atoms with E-state index in [2.05, 4.69) is 9.71 Å². The van der Waals surface area contributed by atoms with Crippen molar-refractivity contribution in [2.24, 2.45) is 4.40 Å². The monoisotopic (exact) mass is 501 g/mol. The molecule has 180 valence electrons. The first-order chi connectivity index (χ1) is 16.4. The van der Waals surface area contributed by atoms with Crippen LogP contribution in [0.2, 0.25) is 0 Å². The average molecular weight is 502 g/mol. The largest absolute Gasteiger partial charge is 0.497 e. The molecule has 2 aromatic carbocycles. The summed E-state index contributed by atoms with van der Waals surface area (Å²) >= 11 is 1.05. The molecule has 1 saturated carbocycles. The number of rotatable bonds is 7. The molecule has 0 unspecified atom stereocenters. The summed E-state index contributed by atoms with van der Waals surface area (Å²) in [7, 11) is -2.45. The Morgan fingerprint density at radius 1 is 1.12 bits per heavy atom. The number of carbonyl (C=O) groups excluding carboxylic acids is 2. The highest BCUT2D eigenvalue weighted by Gasteiger charge is 2.43. The lowest BCUT2D eigenvalue weighted by Gasteiger charge is -2.30. The van der Waals surface area contributed by atoms with Crippen LogP contribution in [0.4, 0.5) is 5.69 Å². The summed E-state index contributed by atoms with van der Waals surface area (Å²) in [5.41, 5.74) is 0.560. The summed E-state index contributed by atoms with van der Waals surface area (Å²) in [6, 6.07) is 14.8.